The number of hydrazine groups is 1. The minimum Gasteiger partial charge on any atom is -0.359 e. The van der Waals surface area contributed by atoms with E-state index in [0.717, 1.165) is 0 Å². The summed E-state index contributed by atoms with van der Waals surface area (Å²) in [6.45, 7) is 0.0980. The highest BCUT2D eigenvalue weighted by Crippen LogP contribution is 2.11. The molecule has 2 rings (SSSR count). The van der Waals surface area contributed by atoms with Crippen molar-refractivity contribution < 1.29 is 18.9 Å². The number of rotatable bonds is 3. The first-order valence-electron chi connectivity index (χ1n) is 5.49. The number of amides is 3. The molecule has 19 heavy (non-hydrogen) atoms. The Morgan fingerprint density at radius 3 is 2.89 bits per heavy atom. The van der Waals surface area contributed by atoms with Crippen molar-refractivity contribution in [3.05, 3.63) is 17.5 Å². The Morgan fingerprint density at radius 1 is 1.47 bits per heavy atom. The number of nitrogens with zero attached hydrogens (tertiary/aromatic N) is 3. The fourth-order valence-corrected chi connectivity index (χ4v) is 1.66. The number of hydrogen-bond acceptors (Lipinski definition) is 6. The highest BCUT2D eigenvalue weighted by atomic mass is 16.5. The topological polar surface area (TPSA) is 122 Å². The van der Waals surface area contributed by atoms with E-state index in [9.17, 15) is 14.4 Å². The fourth-order valence-electron chi connectivity index (χ4n) is 1.66. The Labute approximate surface area is 108 Å². The van der Waals surface area contributed by atoms with Gasteiger partial charge < -0.3 is 14.3 Å². The maximum atomic E-state index is 11.7. The Morgan fingerprint density at radius 2 is 2.21 bits per heavy atom. The molecule has 1 fully saturated rings. The second kappa shape index (κ2) is 5.06. The van der Waals surface area contributed by atoms with Crippen LogP contribution in [0.2, 0.25) is 0 Å². The molecule has 1 saturated heterocycles. The molecule has 0 aromatic carbocycles. The fraction of sp³-hybridized carbons (Fsp3) is 0.400. The van der Waals surface area contributed by atoms with E-state index in [1.807, 2.05) is 5.43 Å². The van der Waals surface area contributed by atoms with E-state index in [1.165, 1.54) is 15.9 Å². The molecule has 0 radical (unpaired) electrons. The van der Waals surface area contributed by atoms with Crippen LogP contribution < -0.4 is 11.3 Å². The third-order valence-corrected chi connectivity index (χ3v) is 2.75. The highest BCUT2D eigenvalue weighted by Gasteiger charge is 2.28. The van der Waals surface area contributed by atoms with Gasteiger partial charge >= 0.3 is 0 Å². The minimum absolute atomic E-state index is 0.0189. The third-order valence-electron chi connectivity index (χ3n) is 2.75. The molecule has 3 amide bonds. The van der Waals surface area contributed by atoms with Crippen LogP contribution in [0.5, 0.6) is 0 Å². The van der Waals surface area contributed by atoms with Gasteiger partial charge in [-0.25, -0.2) is 5.84 Å². The van der Waals surface area contributed by atoms with Gasteiger partial charge in [-0.15, -0.1) is 0 Å². The molecular weight excluding hydrogens is 254 g/mol. The predicted octanol–water partition coefficient (Wildman–Crippen LogP) is -1.92. The summed E-state index contributed by atoms with van der Waals surface area (Å²) in [4.78, 5) is 37.1. The van der Waals surface area contributed by atoms with E-state index < -0.39 is 5.91 Å². The maximum Gasteiger partial charge on any atom is 0.287 e. The Bertz CT molecular complexity index is 526. The first-order valence-corrected chi connectivity index (χ1v) is 5.49. The molecule has 3 N–H and O–H groups in total. The van der Waals surface area contributed by atoms with Crippen molar-refractivity contribution in [1.82, 2.24) is 20.4 Å². The van der Waals surface area contributed by atoms with Gasteiger partial charge in [0.05, 0.1) is 13.1 Å². The number of nitrogens with one attached hydrogen (secondary N) is 1. The average Bonchev–Trinajstić information content (AvgIpc) is 2.83. The lowest BCUT2D eigenvalue weighted by Gasteiger charge is -2.30. The first kappa shape index (κ1) is 13.0. The number of carbonyl (C=O) groups is 3. The standard InChI is InChI=1S/C10H13N5O4/c1-14-4-9(17)15(5-8(14)16)3-6-2-7(13-19-6)10(18)12-11/h2H,3-5,11H2,1H3,(H,12,18). The van der Waals surface area contributed by atoms with Gasteiger partial charge in [-0.3, -0.25) is 19.8 Å². The molecule has 0 aliphatic carbocycles. The monoisotopic (exact) mass is 267 g/mol. The van der Waals surface area contributed by atoms with Gasteiger partial charge in [0, 0.05) is 13.1 Å². The summed E-state index contributed by atoms with van der Waals surface area (Å²) in [6, 6.07) is 1.37. The Balaban J connectivity index is 2.05. The van der Waals surface area contributed by atoms with Crippen molar-refractivity contribution in [2.75, 3.05) is 20.1 Å². The summed E-state index contributed by atoms with van der Waals surface area (Å²) in [5.41, 5.74) is 1.94. The lowest BCUT2D eigenvalue weighted by Crippen LogP contribution is -2.51. The molecule has 9 heteroatoms. The maximum absolute atomic E-state index is 11.7. The Hall–Kier alpha value is -2.42. The third kappa shape index (κ3) is 2.71. The molecule has 1 aromatic heterocycles. The van der Waals surface area contributed by atoms with Crippen molar-refractivity contribution in [3.63, 3.8) is 0 Å². The quantitative estimate of drug-likeness (QED) is 0.374. The van der Waals surface area contributed by atoms with Crippen molar-refractivity contribution in [3.8, 4) is 0 Å². The van der Waals surface area contributed by atoms with Gasteiger partial charge in [0.25, 0.3) is 5.91 Å². The number of aromatic nitrogens is 1. The van der Waals surface area contributed by atoms with Crippen LogP contribution in [-0.4, -0.2) is 52.8 Å². The van der Waals surface area contributed by atoms with Crippen LogP contribution in [0.25, 0.3) is 0 Å². The summed E-state index contributed by atoms with van der Waals surface area (Å²) in [7, 11) is 1.57. The summed E-state index contributed by atoms with van der Waals surface area (Å²) in [6.07, 6.45) is 0. The number of nitrogen functional groups attached to an aromatic ring is 1. The van der Waals surface area contributed by atoms with Gasteiger partial charge in [0.15, 0.2) is 11.5 Å². The average molecular weight is 267 g/mol. The summed E-state index contributed by atoms with van der Waals surface area (Å²) in [5.74, 6) is 4.33. The van der Waals surface area contributed by atoms with Crippen LogP contribution in [0.1, 0.15) is 16.2 Å². The number of likely N-dealkylation sites (N-methyl/N-ethyl adjacent to an activating group) is 1. The lowest BCUT2D eigenvalue weighted by molar-refractivity contribution is -0.149. The van der Waals surface area contributed by atoms with E-state index in [0.29, 0.717) is 5.76 Å². The number of nitrogens with two attached hydrogens (primary N) is 1. The van der Waals surface area contributed by atoms with Crippen molar-refractivity contribution in [2.24, 2.45) is 5.84 Å². The van der Waals surface area contributed by atoms with Crippen molar-refractivity contribution in [2.45, 2.75) is 6.54 Å². The van der Waals surface area contributed by atoms with Crippen LogP contribution in [0.15, 0.2) is 10.6 Å². The largest absolute Gasteiger partial charge is 0.359 e. The molecule has 0 unspecified atom stereocenters. The molecule has 0 spiro atoms. The molecule has 0 bridgehead atoms. The van der Waals surface area contributed by atoms with Crippen molar-refractivity contribution >= 4 is 17.7 Å². The summed E-state index contributed by atoms with van der Waals surface area (Å²) < 4.78 is 4.92. The molecule has 0 atom stereocenters. The normalized spacial score (nSPS) is 15.9. The van der Waals surface area contributed by atoms with E-state index in [2.05, 4.69) is 5.16 Å². The van der Waals surface area contributed by atoms with Crippen LogP contribution in [0, 0.1) is 0 Å². The van der Waals surface area contributed by atoms with Gasteiger partial charge in [-0.2, -0.15) is 0 Å². The number of piperazine rings is 1. The molecule has 2 heterocycles. The van der Waals surface area contributed by atoms with E-state index in [-0.39, 0.29) is 37.1 Å². The van der Waals surface area contributed by atoms with E-state index in [4.69, 9.17) is 10.4 Å². The van der Waals surface area contributed by atoms with Crippen LogP contribution in [-0.2, 0) is 16.1 Å². The molecule has 9 nitrogen and oxygen atoms in total. The lowest BCUT2D eigenvalue weighted by atomic mass is 10.2. The smallest absolute Gasteiger partial charge is 0.287 e. The van der Waals surface area contributed by atoms with Gasteiger partial charge in [0.2, 0.25) is 11.8 Å². The zero-order valence-electron chi connectivity index (χ0n) is 10.3. The van der Waals surface area contributed by atoms with Gasteiger partial charge in [-0.05, 0) is 0 Å². The first-order chi connectivity index (χ1) is 9.01. The predicted molar refractivity (Wildman–Crippen MR) is 61.2 cm³/mol. The molecule has 102 valence electrons. The van der Waals surface area contributed by atoms with Crippen LogP contribution >= 0.6 is 0 Å². The van der Waals surface area contributed by atoms with Gasteiger partial charge in [-0.1, -0.05) is 5.16 Å². The molecule has 1 aromatic rings. The summed E-state index contributed by atoms with van der Waals surface area (Å²) >= 11 is 0. The Kier molecular flexibility index (Phi) is 3.47. The SMILES string of the molecule is CN1CC(=O)N(Cc2cc(C(=O)NN)no2)CC1=O. The van der Waals surface area contributed by atoms with Crippen LogP contribution in [0.4, 0.5) is 0 Å². The molecular formula is C10H13N5O4. The zero-order chi connectivity index (χ0) is 14.0. The number of hydrogen-bond donors (Lipinski definition) is 2. The minimum atomic E-state index is -0.587. The number of carbonyl (C=O) groups excluding carboxylic acids is 3. The summed E-state index contributed by atoms with van der Waals surface area (Å²) in [5, 5.41) is 3.51. The van der Waals surface area contributed by atoms with E-state index in [1.54, 1.807) is 7.05 Å². The zero-order valence-corrected chi connectivity index (χ0v) is 10.3. The molecule has 0 saturated carbocycles. The van der Waals surface area contributed by atoms with Gasteiger partial charge in [0.1, 0.15) is 6.54 Å². The molecule has 1 aliphatic heterocycles. The van der Waals surface area contributed by atoms with E-state index >= 15 is 0 Å². The highest BCUT2D eigenvalue weighted by molar-refractivity contribution is 5.92. The second-order valence-electron chi connectivity index (χ2n) is 4.15. The second-order valence-corrected chi connectivity index (χ2v) is 4.15. The molecule has 1 aliphatic rings. The van der Waals surface area contributed by atoms with Crippen molar-refractivity contribution in [1.29, 1.82) is 0 Å². The van der Waals surface area contributed by atoms with Crippen LogP contribution in [0.3, 0.4) is 0 Å².